The molecule has 3 N–H and O–H groups in total. The number of carbonyl (C=O) groups is 2. The number of carbonyl (C=O) groups excluding carboxylic acids is 2. The highest BCUT2D eigenvalue weighted by Crippen LogP contribution is 2.30. The van der Waals surface area contributed by atoms with Gasteiger partial charge < -0.3 is 15.7 Å². The Morgan fingerprint density at radius 3 is 2.29 bits per heavy atom. The van der Waals surface area contributed by atoms with Crippen LogP contribution in [0.2, 0.25) is 0 Å². The summed E-state index contributed by atoms with van der Waals surface area (Å²) in [4.78, 5) is 23.2. The lowest BCUT2D eigenvalue weighted by Crippen LogP contribution is -2.49. The topological polar surface area (TPSA) is 78.4 Å². The van der Waals surface area contributed by atoms with E-state index in [0.717, 1.165) is 18.6 Å². The average molecular weight is 298 g/mol. The molecule has 7 heteroatoms. The van der Waals surface area contributed by atoms with Gasteiger partial charge in [0.2, 0.25) is 5.91 Å². The molecule has 2 amide bonds. The molecule has 0 atom stereocenters. The van der Waals surface area contributed by atoms with E-state index >= 15 is 0 Å². The summed E-state index contributed by atoms with van der Waals surface area (Å²) >= 11 is 0. The van der Waals surface area contributed by atoms with Gasteiger partial charge in [0.05, 0.1) is 12.1 Å². The van der Waals surface area contributed by atoms with Crippen LogP contribution in [-0.2, 0) is 4.79 Å². The molecular weight excluding hydrogens is 282 g/mol. The summed E-state index contributed by atoms with van der Waals surface area (Å²) in [5.41, 5.74) is -1.04. The van der Waals surface area contributed by atoms with Crippen molar-refractivity contribution in [3.8, 4) is 0 Å². The maximum atomic E-state index is 13.0. The molecule has 0 bridgehead atoms. The van der Waals surface area contributed by atoms with Crippen LogP contribution < -0.4 is 10.6 Å². The second kappa shape index (κ2) is 6.17. The number of halogens is 2. The first kappa shape index (κ1) is 15.4. The van der Waals surface area contributed by atoms with E-state index in [0.29, 0.717) is 18.9 Å². The zero-order chi connectivity index (χ0) is 15.5. The molecular formula is C14H16F2N2O3. The molecule has 0 radical (unpaired) electrons. The molecule has 0 aromatic heterocycles. The Morgan fingerprint density at radius 1 is 1.14 bits per heavy atom. The molecule has 0 unspecified atom stereocenters. The van der Waals surface area contributed by atoms with E-state index in [9.17, 15) is 23.5 Å². The monoisotopic (exact) mass is 298 g/mol. The van der Waals surface area contributed by atoms with Gasteiger partial charge in [0.15, 0.2) is 0 Å². The fourth-order valence-corrected chi connectivity index (χ4v) is 2.03. The lowest BCUT2D eigenvalue weighted by molar-refractivity contribution is -0.122. The van der Waals surface area contributed by atoms with Crippen molar-refractivity contribution >= 4 is 11.8 Å². The minimum atomic E-state index is -0.864. The van der Waals surface area contributed by atoms with E-state index in [1.54, 1.807) is 0 Å². The highest BCUT2D eigenvalue weighted by atomic mass is 19.1. The van der Waals surface area contributed by atoms with Gasteiger partial charge in [0.25, 0.3) is 5.91 Å². The van der Waals surface area contributed by atoms with Gasteiger partial charge in [-0.25, -0.2) is 8.78 Å². The van der Waals surface area contributed by atoms with Crippen molar-refractivity contribution < 1.29 is 23.5 Å². The molecule has 1 aliphatic carbocycles. The lowest BCUT2D eigenvalue weighted by atomic mass is 9.80. The van der Waals surface area contributed by atoms with Crippen molar-refractivity contribution in [2.75, 3.05) is 13.1 Å². The van der Waals surface area contributed by atoms with Crippen molar-refractivity contribution in [1.82, 2.24) is 10.6 Å². The van der Waals surface area contributed by atoms with Crippen LogP contribution in [0.15, 0.2) is 18.2 Å². The smallest absolute Gasteiger partial charge is 0.251 e. The third-order valence-corrected chi connectivity index (χ3v) is 3.43. The summed E-state index contributed by atoms with van der Waals surface area (Å²) in [6.45, 7) is -0.191. The summed E-state index contributed by atoms with van der Waals surface area (Å²) in [7, 11) is 0. The van der Waals surface area contributed by atoms with E-state index in [1.807, 2.05) is 0 Å². The lowest BCUT2D eigenvalue weighted by Gasteiger charge is -2.36. The first-order chi connectivity index (χ1) is 9.88. The third-order valence-electron chi connectivity index (χ3n) is 3.43. The van der Waals surface area contributed by atoms with E-state index in [1.165, 1.54) is 0 Å². The highest BCUT2D eigenvalue weighted by molar-refractivity contribution is 5.96. The number of benzene rings is 1. The first-order valence-corrected chi connectivity index (χ1v) is 6.61. The largest absolute Gasteiger partial charge is 0.388 e. The molecule has 114 valence electrons. The molecule has 21 heavy (non-hydrogen) atoms. The minimum Gasteiger partial charge on any atom is -0.388 e. The second-order valence-electron chi connectivity index (χ2n) is 5.20. The maximum absolute atomic E-state index is 13.0. The van der Waals surface area contributed by atoms with Crippen LogP contribution >= 0.6 is 0 Å². The van der Waals surface area contributed by atoms with Crippen LogP contribution in [0.3, 0.4) is 0 Å². The zero-order valence-electron chi connectivity index (χ0n) is 11.3. The number of aliphatic hydroxyl groups is 1. The van der Waals surface area contributed by atoms with E-state index in [2.05, 4.69) is 10.6 Å². The van der Waals surface area contributed by atoms with Crippen LogP contribution in [0.25, 0.3) is 0 Å². The number of hydrogen-bond donors (Lipinski definition) is 3. The molecule has 0 heterocycles. The Bertz CT molecular complexity index is 539. The first-order valence-electron chi connectivity index (χ1n) is 6.61. The Balaban J connectivity index is 1.79. The summed E-state index contributed by atoms with van der Waals surface area (Å²) in [5, 5.41) is 14.6. The van der Waals surface area contributed by atoms with Crippen LogP contribution in [0.4, 0.5) is 8.78 Å². The van der Waals surface area contributed by atoms with Gasteiger partial charge in [-0.1, -0.05) is 0 Å². The van der Waals surface area contributed by atoms with Gasteiger partial charge in [-0.2, -0.15) is 0 Å². The second-order valence-corrected chi connectivity index (χ2v) is 5.20. The average Bonchev–Trinajstić information content (AvgIpc) is 2.39. The van der Waals surface area contributed by atoms with Crippen LogP contribution in [0.1, 0.15) is 29.6 Å². The van der Waals surface area contributed by atoms with Gasteiger partial charge in [0.1, 0.15) is 11.6 Å². The van der Waals surface area contributed by atoms with E-state index in [-0.39, 0.29) is 18.7 Å². The Kier molecular flexibility index (Phi) is 4.52. The Hall–Kier alpha value is -2.02. The molecule has 1 saturated carbocycles. The molecule has 0 spiro atoms. The predicted molar refractivity (Wildman–Crippen MR) is 70.5 cm³/mol. The van der Waals surface area contributed by atoms with Crippen molar-refractivity contribution in [1.29, 1.82) is 0 Å². The fraction of sp³-hybridized carbons (Fsp3) is 0.429. The molecule has 1 aliphatic rings. The van der Waals surface area contributed by atoms with Crippen molar-refractivity contribution in [3.05, 3.63) is 35.4 Å². The van der Waals surface area contributed by atoms with Crippen LogP contribution in [0, 0.1) is 11.6 Å². The number of rotatable bonds is 5. The fourth-order valence-electron chi connectivity index (χ4n) is 2.03. The maximum Gasteiger partial charge on any atom is 0.251 e. The minimum absolute atomic E-state index is 0.135. The molecule has 2 rings (SSSR count). The van der Waals surface area contributed by atoms with Crippen molar-refractivity contribution in [2.24, 2.45) is 0 Å². The summed E-state index contributed by atoms with van der Waals surface area (Å²) in [6.07, 6.45) is 2.21. The zero-order valence-corrected chi connectivity index (χ0v) is 11.3. The molecule has 5 nitrogen and oxygen atoms in total. The molecule has 1 aromatic carbocycles. The van der Waals surface area contributed by atoms with E-state index in [4.69, 9.17) is 0 Å². The van der Waals surface area contributed by atoms with Gasteiger partial charge in [0, 0.05) is 18.2 Å². The number of nitrogens with one attached hydrogen (secondary N) is 2. The predicted octanol–water partition coefficient (Wildman–Crippen LogP) is 0.726. The molecule has 1 aromatic rings. The summed E-state index contributed by atoms with van der Waals surface area (Å²) in [6, 6.07) is 2.42. The van der Waals surface area contributed by atoms with Crippen molar-refractivity contribution in [2.45, 2.75) is 24.9 Å². The van der Waals surface area contributed by atoms with Crippen LogP contribution in [-0.4, -0.2) is 35.6 Å². The van der Waals surface area contributed by atoms with Crippen molar-refractivity contribution in [3.63, 3.8) is 0 Å². The normalized spacial score (nSPS) is 16.0. The molecule has 1 fully saturated rings. The Labute approximate surface area is 120 Å². The van der Waals surface area contributed by atoms with Gasteiger partial charge >= 0.3 is 0 Å². The van der Waals surface area contributed by atoms with E-state index < -0.39 is 29.0 Å². The van der Waals surface area contributed by atoms with Gasteiger partial charge in [-0.3, -0.25) is 9.59 Å². The number of amides is 2. The third kappa shape index (κ3) is 4.22. The van der Waals surface area contributed by atoms with Gasteiger partial charge in [-0.15, -0.1) is 0 Å². The molecule has 0 aliphatic heterocycles. The SMILES string of the molecule is O=C(CNC(=O)c1cc(F)cc(F)c1)NCC1(O)CCC1. The summed E-state index contributed by atoms with van der Waals surface area (Å²) < 4.78 is 25.9. The Morgan fingerprint density at radius 2 is 1.76 bits per heavy atom. The highest BCUT2D eigenvalue weighted by Gasteiger charge is 2.34. The molecule has 0 saturated heterocycles. The number of hydrogen-bond acceptors (Lipinski definition) is 3. The van der Waals surface area contributed by atoms with Gasteiger partial charge in [-0.05, 0) is 31.4 Å². The summed E-state index contributed by atoms with van der Waals surface area (Å²) in [5.74, 6) is -2.94. The standard InChI is InChI=1S/C14H16F2N2O3/c15-10-4-9(5-11(16)6-10)13(20)17-7-12(19)18-8-14(21)2-1-3-14/h4-6,21H,1-3,7-8H2,(H,17,20)(H,18,19). The van der Waals surface area contributed by atoms with Crippen LogP contribution in [0.5, 0.6) is 0 Å². The quantitative estimate of drug-likeness (QED) is 0.750.